The molecule has 0 aliphatic rings. The van der Waals surface area contributed by atoms with E-state index >= 15 is 0 Å². The van der Waals surface area contributed by atoms with Gasteiger partial charge in [-0.1, -0.05) is 18.2 Å². The summed E-state index contributed by atoms with van der Waals surface area (Å²) in [7, 11) is 1.89. The van der Waals surface area contributed by atoms with E-state index in [4.69, 9.17) is 4.74 Å². The molecule has 5 aromatic rings. The number of aryl methyl sites for hydroxylation is 1. The number of carbonyl (C=O) groups excluding carboxylic acids is 1. The third kappa shape index (κ3) is 4.48. The fourth-order valence-electron chi connectivity index (χ4n) is 3.78. The molecule has 3 aromatic heterocycles. The van der Waals surface area contributed by atoms with Crippen molar-refractivity contribution in [3.63, 3.8) is 0 Å². The molecular weight excluding hydrogens is 430 g/mol. The molecule has 0 radical (unpaired) electrons. The normalized spacial score (nSPS) is 10.6. The van der Waals surface area contributed by atoms with Gasteiger partial charge >= 0.3 is 0 Å². The second-order valence-electron chi connectivity index (χ2n) is 7.58. The van der Waals surface area contributed by atoms with Gasteiger partial charge in [-0.3, -0.25) is 9.67 Å². The van der Waals surface area contributed by atoms with Crippen molar-refractivity contribution in [2.75, 3.05) is 0 Å². The molecule has 0 aliphatic heterocycles. The van der Waals surface area contributed by atoms with Crippen molar-refractivity contribution in [3.8, 4) is 28.1 Å². The quantitative estimate of drug-likeness (QED) is 0.413. The molecule has 0 saturated carbocycles. The number of carboxylic acid groups (broad SMARTS) is 1. The number of hydrogen-bond donors (Lipinski definition) is 1. The molecule has 0 spiro atoms. The monoisotopic (exact) mass is 453 g/mol. The molecule has 170 valence electrons. The minimum atomic E-state index is -1.24. The van der Waals surface area contributed by atoms with Crippen molar-refractivity contribution in [2.45, 2.75) is 6.61 Å². The molecule has 5 rings (SSSR count). The van der Waals surface area contributed by atoms with Crippen LogP contribution in [0.1, 0.15) is 16.1 Å². The van der Waals surface area contributed by atoms with Crippen LogP contribution in [0.2, 0.25) is 0 Å². The Morgan fingerprint density at radius 1 is 1.00 bits per heavy atom. The van der Waals surface area contributed by atoms with Gasteiger partial charge in [-0.05, 0) is 54.1 Å². The molecule has 0 bridgehead atoms. The molecule has 0 atom stereocenters. The summed E-state index contributed by atoms with van der Waals surface area (Å²) in [5.74, 6) is -0.593. The minimum absolute atomic E-state index is 0. The third-order valence-electron chi connectivity index (χ3n) is 5.32. The summed E-state index contributed by atoms with van der Waals surface area (Å²) in [5, 5.41) is 16.7. The Kier molecular flexibility index (Phi) is 6.33. The average molecular weight is 454 g/mol. The van der Waals surface area contributed by atoms with E-state index in [1.54, 1.807) is 35.3 Å². The van der Waals surface area contributed by atoms with E-state index in [0.717, 1.165) is 22.4 Å². The van der Waals surface area contributed by atoms with Crippen LogP contribution < -0.4 is 16.0 Å². The molecule has 0 amide bonds. The van der Waals surface area contributed by atoms with Gasteiger partial charge in [0.15, 0.2) is 0 Å². The largest absolute Gasteiger partial charge is 0.545 e. The maximum Gasteiger partial charge on any atom is 0.130 e. The number of pyridine rings is 2. The second kappa shape index (κ2) is 9.51. The highest BCUT2D eigenvalue weighted by Gasteiger charge is 2.13. The van der Waals surface area contributed by atoms with Gasteiger partial charge in [-0.15, -0.1) is 0 Å². The molecule has 0 aliphatic carbocycles. The molecule has 8 nitrogen and oxygen atoms in total. The zero-order chi connectivity index (χ0) is 22.8. The smallest absolute Gasteiger partial charge is 0.130 e. The molecule has 3 heterocycles. The van der Waals surface area contributed by atoms with Crippen molar-refractivity contribution >= 4 is 16.9 Å². The van der Waals surface area contributed by atoms with E-state index in [1.165, 1.54) is 6.07 Å². The van der Waals surface area contributed by atoms with E-state index < -0.39 is 5.97 Å². The van der Waals surface area contributed by atoms with Gasteiger partial charge in [-0.2, -0.15) is 5.10 Å². The first kappa shape index (κ1) is 22.6. The standard InChI is InChI=1S/C26H20N4O3.H3N/c1-30-15-23(17-10-12-27-13-11-17)25(29-30)18-6-8-20(9-7-18)33-16-19-14-22(26(31)32)21-4-2-3-5-24(21)28-19;/h2-15H,16H2,1H3,(H,31,32);1H3. The molecule has 0 saturated heterocycles. The van der Waals surface area contributed by atoms with E-state index in [9.17, 15) is 9.90 Å². The fraction of sp³-hybridized carbons (Fsp3) is 0.0769. The van der Waals surface area contributed by atoms with Crippen molar-refractivity contribution in [3.05, 3.63) is 96.6 Å². The number of ether oxygens (including phenoxy) is 1. The third-order valence-corrected chi connectivity index (χ3v) is 5.32. The summed E-state index contributed by atoms with van der Waals surface area (Å²) >= 11 is 0. The Bertz CT molecular complexity index is 1450. The number of carbonyl (C=O) groups is 1. The SMILES string of the molecule is Cn1cc(-c2ccncc2)c(-c2ccc(OCc3cc(C(=O)[O-])c4ccccc4n3)cc2)n1.[NH4+]. The van der Waals surface area contributed by atoms with Crippen LogP contribution in [-0.2, 0) is 13.7 Å². The lowest BCUT2D eigenvalue weighted by Gasteiger charge is -2.11. The number of rotatable bonds is 6. The zero-order valence-electron chi connectivity index (χ0n) is 18.8. The maximum atomic E-state index is 11.6. The van der Waals surface area contributed by atoms with E-state index in [2.05, 4.69) is 15.1 Å². The van der Waals surface area contributed by atoms with E-state index in [1.807, 2.05) is 55.7 Å². The van der Waals surface area contributed by atoms with Crippen molar-refractivity contribution in [1.82, 2.24) is 25.9 Å². The Hall–Kier alpha value is -4.56. The first-order chi connectivity index (χ1) is 16.1. The van der Waals surface area contributed by atoms with Crippen LogP contribution in [-0.4, -0.2) is 25.7 Å². The zero-order valence-corrected chi connectivity index (χ0v) is 18.8. The summed E-state index contributed by atoms with van der Waals surface area (Å²) in [6, 6.07) is 20.1. The Morgan fingerprint density at radius 2 is 1.74 bits per heavy atom. The number of quaternary nitrogens is 1. The predicted octanol–water partition coefficient (Wildman–Crippen LogP) is 4.02. The Balaban J connectivity index is 0.00000274. The van der Waals surface area contributed by atoms with Gasteiger partial charge in [0.2, 0.25) is 0 Å². The fourth-order valence-corrected chi connectivity index (χ4v) is 3.78. The van der Waals surface area contributed by atoms with Crippen LogP contribution in [0, 0.1) is 0 Å². The van der Waals surface area contributed by atoms with Crippen LogP contribution in [0.4, 0.5) is 0 Å². The van der Waals surface area contributed by atoms with Gasteiger partial charge < -0.3 is 20.8 Å². The number of nitrogens with zero attached hydrogens (tertiary/aromatic N) is 4. The molecule has 0 unspecified atom stereocenters. The number of aromatic nitrogens is 4. The first-order valence-corrected chi connectivity index (χ1v) is 10.4. The molecule has 4 N–H and O–H groups in total. The predicted molar refractivity (Wildman–Crippen MR) is 128 cm³/mol. The number of fused-ring (bicyclic) bond motifs is 1. The highest BCUT2D eigenvalue weighted by Crippen LogP contribution is 2.31. The van der Waals surface area contributed by atoms with Gasteiger partial charge in [-0.25, -0.2) is 4.98 Å². The summed E-state index contributed by atoms with van der Waals surface area (Å²) in [6.45, 7) is 0.135. The van der Waals surface area contributed by atoms with E-state index in [-0.39, 0.29) is 18.3 Å². The van der Waals surface area contributed by atoms with Crippen LogP contribution >= 0.6 is 0 Å². The highest BCUT2D eigenvalue weighted by molar-refractivity contribution is 6.01. The van der Waals surface area contributed by atoms with Crippen LogP contribution in [0.3, 0.4) is 0 Å². The number of aromatic carboxylic acids is 1. The average Bonchev–Trinajstić information content (AvgIpc) is 3.24. The van der Waals surface area contributed by atoms with Gasteiger partial charge in [0, 0.05) is 47.7 Å². The van der Waals surface area contributed by atoms with Crippen molar-refractivity contribution < 1.29 is 14.6 Å². The summed E-state index contributed by atoms with van der Waals surface area (Å²) < 4.78 is 7.66. The van der Waals surface area contributed by atoms with E-state index in [0.29, 0.717) is 22.3 Å². The first-order valence-electron chi connectivity index (χ1n) is 10.4. The Labute approximate surface area is 196 Å². The lowest BCUT2D eigenvalue weighted by molar-refractivity contribution is -0.254. The van der Waals surface area contributed by atoms with Gasteiger partial charge in [0.05, 0.1) is 17.2 Å². The molecule has 34 heavy (non-hydrogen) atoms. The summed E-state index contributed by atoms with van der Waals surface area (Å²) in [4.78, 5) is 20.2. The molecule has 8 heteroatoms. The summed E-state index contributed by atoms with van der Waals surface area (Å²) in [5.41, 5.74) is 5.09. The van der Waals surface area contributed by atoms with Crippen LogP contribution in [0.25, 0.3) is 33.3 Å². The number of para-hydroxylation sites is 1. The number of benzene rings is 2. The molecule has 0 fully saturated rings. The molecular formula is C26H23N5O3. The van der Waals surface area contributed by atoms with Crippen LogP contribution in [0.5, 0.6) is 5.75 Å². The summed E-state index contributed by atoms with van der Waals surface area (Å²) in [6.07, 6.45) is 5.50. The highest BCUT2D eigenvalue weighted by atomic mass is 16.5. The Morgan fingerprint density at radius 3 is 2.47 bits per heavy atom. The van der Waals surface area contributed by atoms with Crippen molar-refractivity contribution in [2.24, 2.45) is 7.05 Å². The van der Waals surface area contributed by atoms with Crippen LogP contribution in [0.15, 0.2) is 85.3 Å². The maximum absolute atomic E-state index is 11.6. The minimum Gasteiger partial charge on any atom is -0.545 e. The van der Waals surface area contributed by atoms with Gasteiger partial charge in [0.25, 0.3) is 0 Å². The van der Waals surface area contributed by atoms with Crippen molar-refractivity contribution in [1.29, 1.82) is 0 Å². The second-order valence-corrected chi connectivity index (χ2v) is 7.58. The number of hydrogen-bond acceptors (Lipinski definition) is 6. The van der Waals surface area contributed by atoms with Gasteiger partial charge in [0.1, 0.15) is 18.1 Å². The number of carboxylic acids is 1. The lowest BCUT2D eigenvalue weighted by Crippen LogP contribution is -2.23. The topological polar surface area (TPSA) is 129 Å². The lowest BCUT2D eigenvalue weighted by atomic mass is 10.0. The molecule has 2 aromatic carbocycles.